The second kappa shape index (κ2) is 10.0. The van der Waals surface area contributed by atoms with Gasteiger partial charge < -0.3 is 20.1 Å². The predicted octanol–water partition coefficient (Wildman–Crippen LogP) is 1.59. The number of ether oxygens (including phenoxy) is 2. The largest absolute Gasteiger partial charge is 0.462 e. The molecule has 2 aromatic rings. The van der Waals surface area contributed by atoms with Crippen LogP contribution in [0.2, 0.25) is 0 Å². The summed E-state index contributed by atoms with van der Waals surface area (Å²) in [7, 11) is 3.83. The fraction of sp³-hybridized carbons (Fsp3) is 0.450. The van der Waals surface area contributed by atoms with Crippen molar-refractivity contribution in [3.63, 3.8) is 0 Å². The van der Waals surface area contributed by atoms with Crippen molar-refractivity contribution in [1.29, 1.82) is 0 Å². The summed E-state index contributed by atoms with van der Waals surface area (Å²) in [6.45, 7) is 6.72. The maximum atomic E-state index is 5.99. The Kier molecular flexibility index (Phi) is 7.20. The number of nitrogens with two attached hydrogens (primary N) is 1. The number of aryl methyl sites for hydroxylation is 1. The van der Waals surface area contributed by atoms with Crippen molar-refractivity contribution in [3.05, 3.63) is 35.4 Å². The molecule has 1 aromatic carbocycles. The summed E-state index contributed by atoms with van der Waals surface area (Å²) in [5.74, 6) is 1.28. The Morgan fingerprint density at radius 3 is 2.83 bits per heavy atom. The van der Waals surface area contributed by atoms with Crippen LogP contribution in [0.1, 0.15) is 11.1 Å². The molecular weight excluding hydrogens is 370 g/mol. The molecule has 0 atom stereocenters. The second-order valence-corrected chi connectivity index (χ2v) is 7.09. The maximum absolute atomic E-state index is 5.99. The number of nitrogen functional groups attached to an aromatic ring is 1. The molecule has 1 aliphatic rings. The summed E-state index contributed by atoms with van der Waals surface area (Å²) < 4.78 is 11.2. The second-order valence-electron chi connectivity index (χ2n) is 7.09. The Morgan fingerprint density at radius 2 is 2.07 bits per heavy atom. The third-order valence-electron chi connectivity index (χ3n) is 4.52. The Bertz CT molecular complexity index is 836. The van der Waals surface area contributed by atoms with Crippen molar-refractivity contribution in [2.45, 2.75) is 6.92 Å². The standard InChI is InChI=1S/C20H29N7O2/c1-15-4-5-17(21)16(12-15)14-22-25-18-13-19(26(2)3)24-20(23-18)29-11-8-27-6-9-28-10-7-27/h4-5,12-14H,6-11,21H2,1-3H3,(H,23,24,25)/b22-14+. The van der Waals surface area contributed by atoms with Crippen LogP contribution in [0, 0.1) is 6.92 Å². The van der Waals surface area contributed by atoms with E-state index in [1.807, 2.05) is 50.2 Å². The summed E-state index contributed by atoms with van der Waals surface area (Å²) in [6.07, 6.45) is 1.68. The molecule has 1 aliphatic heterocycles. The third-order valence-corrected chi connectivity index (χ3v) is 4.52. The van der Waals surface area contributed by atoms with Gasteiger partial charge in [-0.1, -0.05) is 11.6 Å². The van der Waals surface area contributed by atoms with Gasteiger partial charge in [0.15, 0.2) is 5.82 Å². The van der Waals surface area contributed by atoms with Crippen LogP contribution < -0.4 is 20.8 Å². The minimum Gasteiger partial charge on any atom is -0.462 e. The van der Waals surface area contributed by atoms with Gasteiger partial charge in [0, 0.05) is 51.0 Å². The van der Waals surface area contributed by atoms with E-state index < -0.39 is 0 Å². The summed E-state index contributed by atoms with van der Waals surface area (Å²) in [6, 6.07) is 7.94. The summed E-state index contributed by atoms with van der Waals surface area (Å²) in [5.41, 5.74) is 11.6. The first-order chi connectivity index (χ1) is 14.0. The van der Waals surface area contributed by atoms with Crippen molar-refractivity contribution < 1.29 is 9.47 Å². The van der Waals surface area contributed by atoms with Gasteiger partial charge in [0.2, 0.25) is 0 Å². The zero-order valence-electron chi connectivity index (χ0n) is 17.3. The summed E-state index contributed by atoms with van der Waals surface area (Å²) in [4.78, 5) is 13.0. The van der Waals surface area contributed by atoms with Gasteiger partial charge in [0.05, 0.1) is 19.4 Å². The number of morpholine rings is 1. The van der Waals surface area contributed by atoms with E-state index in [0.29, 0.717) is 24.1 Å². The van der Waals surface area contributed by atoms with Gasteiger partial charge in [0.25, 0.3) is 0 Å². The zero-order valence-corrected chi connectivity index (χ0v) is 17.3. The zero-order chi connectivity index (χ0) is 20.6. The summed E-state index contributed by atoms with van der Waals surface area (Å²) >= 11 is 0. The van der Waals surface area contributed by atoms with Crippen LogP contribution in [0.3, 0.4) is 0 Å². The quantitative estimate of drug-likeness (QED) is 0.392. The highest BCUT2D eigenvalue weighted by Gasteiger charge is 2.11. The first-order valence-corrected chi connectivity index (χ1v) is 9.66. The van der Waals surface area contributed by atoms with Crippen LogP contribution >= 0.6 is 0 Å². The number of nitrogens with zero attached hydrogens (tertiary/aromatic N) is 5. The van der Waals surface area contributed by atoms with Gasteiger partial charge in [0.1, 0.15) is 12.4 Å². The average molecular weight is 399 g/mol. The van der Waals surface area contributed by atoms with E-state index >= 15 is 0 Å². The van der Waals surface area contributed by atoms with Gasteiger partial charge in [-0.15, -0.1) is 0 Å². The van der Waals surface area contributed by atoms with E-state index in [4.69, 9.17) is 15.2 Å². The van der Waals surface area contributed by atoms with E-state index in [9.17, 15) is 0 Å². The van der Waals surface area contributed by atoms with Crippen LogP contribution in [-0.4, -0.2) is 74.6 Å². The van der Waals surface area contributed by atoms with E-state index in [1.54, 1.807) is 6.21 Å². The van der Waals surface area contributed by atoms with Crippen LogP contribution in [0.25, 0.3) is 0 Å². The molecule has 0 radical (unpaired) electrons. The van der Waals surface area contributed by atoms with Gasteiger partial charge >= 0.3 is 6.01 Å². The number of hydrazone groups is 1. The molecule has 2 heterocycles. The fourth-order valence-electron chi connectivity index (χ4n) is 2.83. The molecule has 0 aliphatic carbocycles. The molecule has 1 saturated heterocycles. The van der Waals surface area contributed by atoms with Crippen molar-refractivity contribution in [2.75, 3.05) is 69.6 Å². The van der Waals surface area contributed by atoms with Crippen molar-refractivity contribution in [2.24, 2.45) is 5.10 Å². The number of rotatable bonds is 8. The monoisotopic (exact) mass is 399 g/mol. The van der Waals surface area contributed by atoms with Gasteiger partial charge in [-0.25, -0.2) is 0 Å². The van der Waals surface area contributed by atoms with Gasteiger partial charge in [-0.3, -0.25) is 10.3 Å². The molecular formula is C20H29N7O2. The Balaban J connectivity index is 1.64. The molecule has 0 saturated carbocycles. The molecule has 1 fully saturated rings. The molecule has 0 unspecified atom stereocenters. The van der Waals surface area contributed by atoms with Crippen LogP contribution in [-0.2, 0) is 4.74 Å². The van der Waals surface area contributed by atoms with E-state index in [-0.39, 0.29) is 0 Å². The Labute approximate surface area is 171 Å². The highest BCUT2D eigenvalue weighted by atomic mass is 16.5. The first kappa shape index (κ1) is 20.8. The van der Waals surface area contributed by atoms with Crippen molar-refractivity contribution in [1.82, 2.24) is 14.9 Å². The molecule has 9 nitrogen and oxygen atoms in total. The molecule has 29 heavy (non-hydrogen) atoms. The van der Waals surface area contributed by atoms with Gasteiger partial charge in [-0.2, -0.15) is 15.1 Å². The lowest BCUT2D eigenvalue weighted by Crippen LogP contribution is -2.38. The number of benzene rings is 1. The van der Waals surface area contributed by atoms with Crippen LogP contribution in [0.15, 0.2) is 29.4 Å². The molecule has 156 valence electrons. The maximum Gasteiger partial charge on any atom is 0.320 e. The van der Waals surface area contributed by atoms with Crippen LogP contribution in [0.5, 0.6) is 6.01 Å². The Hall–Kier alpha value is -2.91. The van der Waals surface area contributed by atoms with Crippen molar-refractivity contribution in [3.8, 4) is 6.01 Å². The SMILES string of the molecule is Cc1ccc(N)c(/C=N/Nc2cc(N(C)C)nc(OCCN3CCOCC3)n2)c1. The fourth-order valence-corrected chi connectivity index (χ4v) is 2.83. The topological polar surface area (TPSA) is 101 Å². The number of anilines is 3. The Morgan fingerprint density at radius 1 is 1.28 bits per heavy atom. The minimum atomic E-state index is 0.317. The number of nitrogens with one attached hydrogen (secondary N) is 1. The molecule has 3 rings (SSSR count). The highest BCUT2D eigenvalue weighted by molar-refractivity contribution is 5.87. The lowest BCUT2D eigenvalue weighted by atomic mass is 10.1. The van der Waals surface area contributed by atoms with Gasteiger partial charge in [-0.05, 0) is 19.1 Å². The number of aromatic nitrogens is 2. The summed E-state index contributed by atoms with van der Waals surface area (Å²) in [5, 5.41) is 4.27. The number of hydrogen-bond donors (Lipinski definition) is 2. The lowest BCUT2D eigenvalue weighted by Gasteiger charge is -2.26. The van der Waals surface area contributed by atoms with E-state index in [0.717, 1.165) is 49.8 Å². The molecule has 0 amide bonds. The van der Waals surface area contributed by atoms with Crippen LogP contribution in [0.4, 0.5) is 17.3 Å². The third kappa shape index (κ3) is 6.30. The van der Waals surface area contributed by atoms with E-state index in [1.165, 1.54) is 0 Å². The normalized spacial score (nSPS) is 14.9. The molecule has 3 N–H and O–H groups in total. The predicted molar refractivity (Wildman–Crippen MR) is 116 cm³/mol. The van der Waals surface area contributed by atoms with Crippen molar-refractivity contribution >= 4 is 23.5 Å². The molecule has 1 aromatic heterocycles. The molecule has 0 bridgehead atoms. The molecule has 0 spiro atoms. The average Bonchev–Trinajstić information content (AvgIpc) is 2.71. The number of hydrogen-bond acceptors (Lipinski definition) is 9. The lowest BCUT2D eigenvalue weighted by molar-refractivity contribution is 0.0317. The smallest absolute Gasteiger partial charge is 0.320 e. The first-order valence-electron chi connectivity index (χ1n) is 9.66. The van der Waals surface area contributed by atoms with E-state index in [2.05, 4.69) is 25.4 Å². The molecule has 9 heteroatoms. The minimum absolute atomic E-state index is 0.317. The highest BCUT2D eigenvalue weighted by Crippen LogP contribution is 2.18.